The Balaban J connectivity index is 1.40. The van der Waals surface area contributed by atoms with Gasteiger partial charge in [0.05, 0.1) is 12.7 Å². The number of hydrogen-bond acceptors (Lipinski definition) is 6. The molecule has 2 unspecified atom stereocenters. The second kappa shape index (κ2) is 7.83. The molecule has 3 heterocycles. The van der Waals surface area contributed by atoms with Crippen LogP contribution in [0.5, 0.6) is 11.5 Å². The molecule has 7 heteroatoms. The lowest BCUT2D eigenvalue weighted by molar-refractivity contribution is 0.0871. The van der Waals surface area contributed by atoms with E-state index in [-0.39, 0.29) is 18.6 Å². The zero-order valence-corrected chi connectivity index (χ0v) is 16.6. The first kappa shape index (κ1) is 18.8. The quantitative estimate of drug-likeness (QED) is 0.824. The van der Waals surface area contributed by atoms with Gasteiger partial charge in [-0.3, -0.25) is 4.79 Å². The molecule has 2 saturated heterocycles. The monoisotopic (exact) mass is 385 g/mol. The van der Waals surface area contributed by atoms with Crippen LogP contribution < -0.4 is 14.8 Å². The van der Waals surface area contributed by atoms with Crippen molar-refractivity contribution in [3.05, 3.63) is 41.3 Å². The summed E-state index contributed by atoms with van der Waals surface area (Å²) in [6.07, 6.45) is 4.43. The number of fused-ring (bicyclic) bond motifs is 2. The van der Waals surface area contributed by atoms with Crippen LogP contribution in [-0.4, -0.2) is 48.2 Å². The molecule has 150 valence electrons. The zero-order valence-electron chi connectivity index (χ0n) is 16.6. The summed E-state index contributed by atoms with van der Waals surface area (Å²) in [6.45, 7) is 2.02. The maximum Gasteiger partial charge on any atom is 0.274 e. The molecule has 1 amide bonds. The number of carbonyl (C=O) groups excluding carboxylic acids is 1. The van der Waals surface area contributed by atoms with Crippen molar-refractivity contribution in [2.24, 2.45) is 0 Å². The van der Waals surface area contributed by atoms with Crippen molar-refractivity contribution in [2.45, 2.75) is 57.3 Å². The van der Waals surface area contributed by atoms with Gasteiger partial charge in [0.25, 0.3) is 5.91 Å². The van der Waals surface area contributed by atoms with Crippen molar-refractivity contribution in [2.75, 3.05) is 14.2 Å². The Morgan fingerprint density at radius 3 is 2.50 bits per heavy atom. The van der Waals surface area contributed by atoms with E-state index in [2.05, 4.69) is 22.4 Å². The van der Waals surface area contributed by atoms with Gasteiger partial charge in [0.2, 0.25) is 0 Å². The normalized spacial score (nSPS) is 24.2. The van der Waals surface area contributed by atoms with Crippen LogP contribution in [0.3, 0.4) is 0 Å². The van der Waals surface area contributed by atoms with Crippen molar-refractivity contribution < 1.29 is 18.8 Å². The van der Waals surface area contributed by atoms with Crippen LogP contribution >= 0.6 is 0 Å². The third-order valence-electron chi connectivity index (χ3n) is 6.08. The summed E-state index contributed by atoms with van der Waals surface area (Å²) in [4.78, 5) is 15.3. The molecule has 2 aliphatic heterocycles. The maximum atomic E-state index is 12.8. The molecule has 1 aromatic heterocycles. The van der Waals surface area contributed by atoms with E-state index in [0.717, 1.165) is 18.6 Å². The Hall–Kier alpha value is -2.54. The Bertz CT molecular complexity index is 819. The highest BCUT2D eigenvalue weighted by atomic mass is 16.5. The van der Waals surface area contributed by atoms with Crippen LogP contribution in [0.4, 0.5) is 0 Å². The number of methoxy groups -OCH3 is 1. The fraction of sp³-hybridized carbons (Fsp3) is 0.524. The van der Waals surface area contributed by atoms with Gasteiger partial charge >= 0.3 is 0 Å². The van der Waals surface area contributed by atoms with Crippen molar-refractivity contribution >= 4 is 5.91 Å². The number of aromatic nitrogens is 1. The van der Waals surface area contributed by atoms with E-state index in [4.69, 9.17) is 14.0 Å². The van der Waals surface area contributed by atoms with E-state index in [1.165, 1.54) is 12.8 Å². The molecule has 2 bridgehead atoms. The number of aryl methyl sites for hydroxylation is 1. The molecule has 0 aliphatic carbocycles. The van der Waals surface area contributed by atoms with Crippen LogP contribution in [0.1, 0.15) is 47.5 Å². The number of nitrogens with zero attached hydrogens (tertiary/aromatic N) is 2. The number of piperidine rings is 1. The number of rotatable bonds is 6. The van der Waals surface area contributed by atoms with E-state index in [9.17, 15) is 4.79 Å². The lowest BCUT2D eigenvalue weighted by atomic mass is 9.98. The van der Waals surface area contributed by atoms with Gasteiger partial charge in [-0.25, -0.2) is 0 Å². The molecule has 2 aromatic rings. The number of hydrogen-bond donors (Lipinski definition) is 1. The van der Waals surface area contributed by atoms with Crippen LogP contribution in [0.15, 0.2) is 28.8 Å². The van der Waals surface area contributed by atoms with E-state index < -0.39 is 0 Å². The summed E-state index contributed by atoms with van der Waals surface area (Å²) in [5.74, 6) is 1.88. The molecule has 0 spiro atoms. The van der Waals surface area contributed by atoms with Crippen molar-refractivity contribution in [1.29, 1.82) is 0 Å². The second-order valence-electron chi connectivity index (χ2n) is 7.72. The van der Waals surface area contributed by atoms with Crippen LogP contribution in [0.25, 0.3) is 0 Å². The van der Waals surface area contributed by atoms with Gasteiger partial charge in [-0.1, -0.05) is 5.16 Å². The van der Waals surface area contributed by atoms with Crippen LogP contribution in [-0.2, 0) is 6.61 Å². The number of amides is 1. The minimum Gasteiger partial charge on any atom is -0.497 e. The Kier molecular flexibility index (Phi) is 5.26. The minimum absolute atomic E-state index is 0.181. The van der Waals surface area contributed by atoms with E-state index in [1.807, 2.05) is 24.3 Å². The molecule has 2 atom stereocenters. The minimum atomic E-state index is -0.181. The second-order valence-corrected chi connectivity index (χ2v) is 7.72. The first-order valence-electron chi connectivity index (χ1n) is 9.80. The average Bonchev–Trinajstić information content (AvgIpc) is 3.15. The highest BCUT2D eigenvalue weighted by Gasteiger charge is 2.39. The number of carbonyl (C=O) groups is 1. The number of ether oxygens (including phenoxy) is 2. The molecular weight excluding hydrogens is 358 g/mol. The molecule has 2 aliphatic rings. The molecule has 0 saturated carbocycles. The van der Waals surface area contributed by atoms with Gasteiger partial charge < -0.3 is 24.2 Å². The van der Waals surface area contributed by atoms with Gasteiger partial charge in [-0.05, 0) is 63.9 Å². The Morgan fingerprint density at radius 1 is 1.21 bits per heavy atom. The lowest BCUT2D eigenvalue weighted by Crippen LogP contribution is -2.48. The van der Waals surface area contributed by atoms with Gasteiger partial charge in [0.15, 0.2) is 5.69 Å². The van der Waals surface area contributed by atoms with Gasteiger partial charge in [-0.2, -0.15) is 0 Å². The number of nitrogens with one attached hydrogen (secondary N) is 1. The molecular formula is C21H27N3O4. The van der Waals surface area contributed by atoms with Crippen LogP contribution in [0, 0.1) is 6.92 Å². The zero-order chi connectivity index (χ0) is 19.7. The predicted octanol–water partition coefficient (Wildman–Crippen LogP) is 2.93. The summed E-state index contributed by atoms with van der Waals surface area (Å²) in [5.41, 5.74) is 1.00. The summed E-state index contributed by atoms with van der Waals surface area (Å²) in [5, 5.41) is 7.16. The maximum absolute atomic E-state index is 12.8. The summed E-state index contributed by atoms with van der Waals surface area (Å²) in [6, 6.07) is 8.65. The highest BCUT2D eigenvalue weighted by molar-refractivity contribution is 5.94. The van der Waals surface area contributed by atoms with Gasteiger partial charge in [0, 0.05) is 18.1 Å². The van der Waals surface area contributed by atoms with Gasteiger partial charge in [0.1, 0.15) is 23.9 Å². The first-order valence-corrected chi connectivity index (χ1v) is 9.80. The fourth-order valence-electron chi connectivity index (χ4n) is 4.35. The van der Waals surface area contributed by atoms with Crippen molar-refractivity contribution in [3.63, 3.8) is 0 Å². The SMILES string of the molecule is COc1ccc(OCc2c(C(=O)NC3CC4CCC(C3)N4C)noc2C)cc1. The molecule has 1 N–H and O–H groups in total. The van der Waals surface area contributed by atoms with E-state index >= 15 is 0 Å². The third kappa shape index (κ3) is 3.71. The topological polar surface area (TPSA) is 76.8 Å². The smallest absolute Gasteiger partial charge is 0.274 e. The number of benzene rings is 1. The van der Waals surface area contributed by atoms with Crippen molar-refractivity contribution in [1.82, 2.24) is 15.4 Å². The Labute approximate surface area is 165 Å². The largest absolute Gasteiger partial charge is 0.497 e. The highest BCUT2D eigenvalue weighted by Crippen LogP contribution is 2.34. The average molecular weight is 385 g/mol. The first-order chi connectivity index (χ1) is 13.5. The fourth-order valence-corrected chi connectivity index (χ4v) is 4.35. The summed E-state index contributed by atoms with van der Waals surface area (Å²) < 4.78 is 16.3. The third-order valence-corrected chi connectivity index (χ3v) is 6.08. The Morgan fingerprint density at radius 2 is 1.86 bits per heavy atom. The molecule has 7 nitrogen and oxygen atoms in total. The summed E-state index contributed by atoms with van der Waals surface area (Å²) >= 11 is 0. The predicted molar refractivity (Wildman–Crippen MR) is 104 cm³/mol. The molecule has 0 radical (unpaired) electrons. The molecule has 28 heavy (non-hydrogen) atoms. The molecule has 2 fully saturated rings. The lowest BCUT2D eigenvalue weighted by Gasteiger charge is -2.36. The van der Waals surface area contributed by atoms with E-state index in [0.29, 0.717) is 34.9 Å². The van der Waals surface area contributed by atoms with Crippen molar-refractivity contribution in [3.8, 4) is 11.5 Å². The van der Waals surface area contributed by atoms with E-state index in [1.54, 1.807) is 14.0 Å². The van der Waals surface area contributed by atoms with Gasteiger partial charge in [-0.15, -0.1) is 0 Å². The molecule has 1 aromatic carbocycles. The van der Waals surface area contributed by atoms with Crippen LogP contribution in [0.2, 0.25) is 0 Å². The summed E-state index contributed by atoms with van der Waals surface area (Å²) in [7, 11) is 3.81. The standard InChI is InChI=1S/C21H27N3O4/c1-13-19(12-27-18-8-6-17(26-3)7-9-18)20(23-28-13)21(25)22-14-10-15-4-5-16(11-14)24(15)2/h6-9,14-16H,4-5,10-12H2,1-3H3,(H,22,25). The molecule has 4 rings (SSSR count).